The lowest BCUT2D eigenvalue weighted by Gasteiger charge is -2.04. The van der Waals surface area contributed by atoms with Crippen LogP contribution in [-0.2, 0) is 9.90 Å². The number of hydrogen-bond donors (Lipinski definition) is 0. The minimum absolute atomic E-state index is 0.375. The molecule has 0 aliphatic heterocycles. The SMILES string of the molecule is CN(C)C(=O)C[O]. The smallest absolute Gasteiger partial charge is 0.251 e. The molecule has 0 bridgehead atoms. The van der Waals surface area contributed by atoms with Crippen molar-refractivity contribution in [2.75, 3.05) is 20.7 Å². The summed E-state index contributed by atoms with van der Waals surface area (Å²) in [7, 11) is 3.11. The van der Waals surface area contributed by atoms with Crippen LogP contribution in [0.5, 0.6) is 0 Å². The Morgan fingerprint density at radius 2 is 2.00 bits per heavy atom. The fourth-order valence-corrected chi connectivity index (χ4v) is 0.129. The molecule has 0 aliphatic rings. The first kappa shape index (κ1) is 6.43. The van der Waals surface area contributed by atoms with Crippen molar-refractivity contribution >= 4 is 5.91 Å². The second-order valence-corrected chi connectivity index (χ2v) is 1.43. The van der Waals surface area contributed by atoms with E-state index in [2.05, 4.69) is 0 Å². The molecule has 41 valence electrons. The highest BCUT2D eigenvalue weighted by molar-refractivity contribution is 5.76. The molecule has 0 fully saturated rings. The lowest BCUT2D eigenvalue weighted by Crippen LogP contribution is -2.23. The Balaban J connectivity index is 3.35. The standard InChI is InChI=1S/C4H8NO2/c1-5(2)4(7)3-6/h3H2,1-2H3. The lowest BCUT2D eigenvalue weighted by molar-refractivity contribution is -0.133. The summed E-state index contributed by atoms with van der Waals surface area (Å²) < 4.78 is 0. The topological polar surface area (TPSA) is 40.2 Å². The van der Waals surface area contributed by atoms with Gasteiger partial charge in [-0.25, -0.2) is 5.11 Å². The summed E-state index contributed by atoms with van der Waals surface area (Å²) >= 11 is 0. The van der Waals surface area contributed by atoms with Crippen LogP contribution < -0.4 is 0 Å². The normalized spacial score (nSPS) is 8.43. The van der Waals surface area contributed by atoms with Crippen molar-refractivity contribution < 1.29 is 9.90 Å². The van der Waals surface area contributed by atoms with E-state index < -0.39 is 6.61 Å². The molecule has 0 spiro atoms. The van der Waals surface area contributed by atoms with Crippen LogP contribution in [0.25, 0.3) is 0 Å². The Morgan fingerprint density at radius 1 is 1.57 bits per heavy atom. The van der Waals surface area contributed by atoms with Crippen LogP contribution in [0.1, 0.15) is 0 Å². The number of hydrogen-bond acceptors (Lipinski definition) is 1. The highest BCUT2D eigenvalue weighted by Crippen LogP contribution is 1.72. The summed E-state index contributed by atoms with van der Waals surface area (Å²) in [5.41, 5.74) is 0. The zero-order chi connectivity index (χ0) is 5.86. The van der Waals surface area contributed by atoms with Crippen LogP contribution in [0, 0.1) is 0 Å². The van der Waals surface area contributed by atoms with Gasteiger partial charge in [-0.1, -0.05) is 0 Å². The van der Waals surface area contributed by atoms with Crippen molar-refractivity contribution in [2.24, 2.45) is 0 Å². The Morgan fingerprint density at radius 3 is 2.00 bits per heavy atom. The van der Waals surface area contributed by atoms with Crippen LogP contribution in [0.3, 0.4) is 0 Å². The van der Waals surface area contributed by atoms with Crippen molar-refractivity contribution in [3.05, 3.63) is 0 Å². The highest BCUT2D eigenvalue weighted by Gasteiger charge is 1.98. The molecule has 0 atom stereocenters. The van der Waals surface area contributed by atoms with Gasteiger partial charge >= 0.3 is 0 Å². The zero-order valence-corrected chi connectivity index (χ0v) is 4.47. The van der Waals surface area contributed by atoms with Gasteiger partial charge in [-0.05, 0) is 0 Å². The zero-order valence-electron chi connectivity index (χ0n) is 4.47. The number of likely N-dealkylation sites (N-methyl/N-ethyl adjacent to an activating group) is 1. The van der Waals surface area contributed by atoms with E-state index in [1.807, 2.05) is 0 Å². The molecule has 3 nitrogen and oxygen atoms in total. The van der Waals surface area contributed by atoms with Gasteiger partial charge in [-0.2, -0.15) is 0 Å². The lowest BCUT2D eigenvalue weighted by atomic mass is 10.6. The number of nitrogens with zero attached hydrogens (tertiary/aromatic N) is 1. The predicted octanol–water partition coefficient (Wildman–Crippen LogP) is -0.495. The Labute approximate surface area is 42.5 Å². The van der Waals surface area contributed by atoms with Crippen LogP contribution in [0.2, 0.25) is 0 Å². The van der Waals surface area contributed by atoms with Crippen LogP contribution in [0.4, 0.5) is 0 Å². The van der Waals surface area contributed by atoms with Gasteiger partial charge < -0.3 is 4.90 Å². The van der Waals surface area contributed by atoms with Gasteiger partial charge in [0.25, 0.3) is 5.91 Å². The first-order valence-corrected chi connectivity index (χ1v) is 1.96. The molecule has 1 amide bonds. The molecule has 0 aromatic carbocycles. The highest BCUT2D eigenvalue weighted by atomic mass is 16.3. The van der Waals surface area contributed by atoms with E-state index in [1.165, 1.54) is 4.90 Å². The van der Waals surface area contributed by atoms with Crippen molar-refractivity contribution in [2.45, 2.75) is 0 Å². The maximum absolute atomic E-state index is 10.1. The second-order valence-electron chi connectivity index (χ2n) is 1.43. The van der Waals surface area contributed by atoms with Crippen molar-refractivity contribution in [1.29, 1.82) is 0 Å². The molecule has 0 unspecified atom stereocenters. The van der Waals surface area contributed by atoms with E-state index in [0.29, 0.717) is 0 Å². The van der Waals surface area contributed by atoms with Gasteiger partial charge in [-0.15, -0.1) is 0 Å². The van der Waals surface area contributed by atoms with E-state index in [0.717, 1.165) is 0 Å². The fraction of sp³-hybridized carbons (Fsp3) is 0.750. The Hall–Kier alpha value is -0.570. The molecule has 1 radical (unpaired) electrons. The van der Waals surface area contributed by atoms with Gasteiger partial charge in [-0.3, -0.25) is 4.79 Å². The molecule has 0 rings (SSSR count). The van der Waals surface area contributed by atoms with Crippen molar-refractivity contribution in [3.8, 4) is 0 Å². The summed E-state index contributed by atoms with van der Waals surface area (Å²) in [6, 6.07) is 0. The predicted molar refractivity (Wildman–Crippen MR) is 24.2 cm³/mol. The summed E-state index contributed by atoms with van der Waals surface area (Å²) in [4.78, 5) is 11.4. The monoisotopic (exact) mass is 102 g/mol. The third kappa shape index (κ3) is 2.17. The van der Waals surface area contributed by atoms with E-state index >= 15 is 0 Å². The molecule has 0 saturated heterocycles. The third-order valence-corrected chi connectivity index (χ3v) is 0.622. The van der Waals surface area contributed by atoms with Crippen molar-refractivity contribution in [1.82, 2.24) is 4.90 Å². The maximum atomic E-state index is 10.1. The average Bonchev–Trinajstić information content (AvgIpc) is 1.65. The molecule has 0 heterocycles. The van der Waals surface area contributed by atoms with Gasteiger partial charge in [0, 0.05) is 14.1 Å². The number of rotatable bonds is 1. The molecule has 3 heteroatoms. The van der Waals surface area contributed by atoms with Gasteiger partial charge in [0.05, 0.1) is 0 Å². The Kier molecular flexibility index (Phi) is 2.37. The summed E-state index contributed by atoms with van der Waals surface area (Å²) in [5.74, 6) is -0.375. The quantitative estimate of drug-likeness (QED) is 0.440. The fourth-order valence-electron chi connectivity index (χ4n) is 0.129. The number of carbonyl (C=O) groups is 1. The molecule has 0 saturated carbocycles. The molecule has 0 N–H and O–H groups in total. The van der Waals surface area contributed by atoms with Gasteiger partial charge in [0.15, 0.2) is 6.61 Å². The van der Waals surface area contributed by atoms with Gasteiger partial charge in [0.2, 0.25) is 0 Å². The Bertz CT molecular complexity index is 70.1. The molecular formula is C4H8NO2. The molecule has 0 aromatic rings. The summed E-state index contributed by atoms with van der Waals surface area (Å²) in [6.45, 7) is -0.646. The molecule has 0 aliphatic carbocycles. The minimum Gasteiger partial charge on any atom is -0.347 e. The molecule has 0 aromatic heterocycles. The minimum atomic E-state index is -0.646. The number of carbonyl (C=O) groups excluding carboxylic acids is 1. The molecule has 7 heavy (non-hydrogen) atoms. The summed E-state index contributed by atoms with van der Waals surface area (Å²) in [5, 5.41) is 9.68. The summed E-state index contributed by atoms with van der Waals surface area (Å²) in [6.07, 6.45) is 0. The first-order chi connectivity index (χ1) is 3.18. The second kappa shape index (κ2) is 2.58. The number of amides is 1. The van der Waals surface area contributed by atoms with E-state index in [9.17, 15) is 9.90 Å². The first-order valence-electron chi connectivity index (χ1n) is 1.96. The molecular weight excluding hydrogens is 94.0 g/mol. The van der Waals surface area contributed by atoms with E-state index in [-0.39, 0.29) is 5.91 Å². The van der Waals surface area contributed by atoms with E-state index in [4.69, 9.17) is 0 Å². The van der Waals surface area contributed by atoms with Crippen LogP contribution in [-0.4, -0.2) is 31.5 Å². The van der Waals surface area contributed by atoms with Crippen molar-refractivity contribution in [3.63, 3.8) is 0 Å². The van der Waals surface area contributed by atoms with E-state index in [1.54, 1.807) is 14.1 Å². The largest absolute Gasteiger partial charge is 0.347 e. The van der Waals surface area contributed by atoms with Gasteiger partial charge in [0.1, 0.15) is 0 Å². The maximum Gasteiger partial charge on any atom is 0.251 e. The van der Waals surface area contributed by atoms with Crippen LogP contribution >= 0.6 is 0 Å². The average molecular weight is 102 g/mol. The van der Waals surface area contributed by atoms with Crippen LogP contribution in [0.15, 0.2) is 0 Å². The third-order valence-electron chi connectivity index (χ3n) is 0.622.